The SMILES string of the molecule is CCCCCCCN1CC[C@@H](CC[C@@H](N)c2ccnc3ccc(OC)cc23)[C@@H](CC)C1. The van der Waals surface area contributed by atoms with E-state index in [0.29, 0.717) is 0 Å². The van der Waals surface area contributed by atoms with Crippen LogP contribution in [0, 0.1) is 11.8 Å². The molecule has 0 unspecified atom stereocenters. The summed E-state index contributed by atoms with van der Waals surface area (Å²) in [6.45, 7) is 8.48. The number of methoxy groups -OCH3 is 1. The van der Waals surface area contributed by atoms with Crippen LogP contribution in [-0.2, 0) is 0 Å². The third kappa shape index (κ3) is 6.66. The molecule has 1 aliphatic heterocycles. The molecule has 0 spiro atoms. The number of hydrogen-bond acceptors (Lipinski definition) is 4. The van der Waals surface area contributed by atoms with Crippen molar-refractivity contribution in [3.63, 3.8) is 0 Å². The Labute approximate surface area is 189 Å². The maximum atomic E-state index is 6.71. The zero-order valence-corrected chi connectivity index (χ0v) is 20.0. The van der Waals surface area contributed by atoms with Crippen molar-refractivity contribution in [2.45, 2.75) is 77.7 Å². The van der Waals surface area contributed by atoms with E-state index in [9.17, 15) is 0 Å². The summed E-state index contributed by atoms with van der Waals surface area (Å²) < 4.78 is 5.42. The number of hydrogen-bond donors (Lipinski definition) is 1. The minimum Gasteiger partial charge on any atom is -0.497 e. The number of ether oxygens (including phenoxy) is 1. The molecule has 1 fully saturated rings. The van der Waals surface area contributed by atoms with Crippen LogP contribution < -0.4 is 10.5 Å². The van der Waals surface area contributed by atoms with Crippen molar-refractivity contribution >= 4 is 10.9 Å². The van der Waals surface area contributed by atoms with E-state index in [2.05, 4.69) is 35.9 Å². The van der Waals surface area contributed by atoms with Gasteiger partial charge in [-0.05, 0) is 80.4 Å². The van der Waals surface area contributed by atoms with Crippen molar-refractivity contribution < 1.29 is 4.74 Å². The van der Waals surface area contributed by atoms with Gasteiger partial charge in [-0.2, -0.15) is 0 Å². The minimum atomic E-state index is 0.0479. The van der Waals surface area contributed by atoms with Gasteiger partial charge in [0.2, 0.25) is 0 Å². The summed E-state index contributed by atoms with van der Waals surface area (Å²) >= 11 is 0. The summed E-state index contributed by atoms with van der Waals surface area (Å²) in [5, 5.41) is 1.12. The van der Waals surface area contributed by atoms with Crippen molar-refractivity contribution in [1.29, 1.82) is 0 Å². The molecule has 1 aromatic carbocycles. The topological polar surface area (TPSA) is 51.4 Å². The van der Waals surface area contributed by atoms with Gasteiger partial charge < -0.3 is 15.4 Å². The van der Waals surface area contributed by atoms with Gasteiger partial charge in [0.05, 0.1) is 12.6 Å². The lowest BCUT2D eigenvalue weighted by Crippen LogP contribution is -2.40. The lowest BCUT2D eigenvalue weighted by atomic mass is 9.79. The summed E-state index contributed by atoms with van der Waals surface area (Å²) in [6.07, 6.45) is 13.6. The first-order chi connectivity index (χ1) is 15.2. The number of benzene rings is 1. The van der Waals surface area contributed by atoms with E-state index in [1.165, 1.54) is 76.6 Å². The van der Waals surface area contributed by atoms with E-state index in [1.807, 2.05) is 18.3 Å². The molecule has 0 saturated carbocycles. The molecule has 0 amide bonds. The van der Waals surface area contributed by atoms with Crippen molar-refractivity contribution in [2.24, 2.45) is 17.6 Å². The van der Waals surface area contributed by atoms with Gasteiger partial charge >= 0.3 is 0 Å². The highest BCUT2D eigenvalue weighted by Crippen LogP contribution is 2.34. The van der Waals surface area contributed by atoms with Gasteiger partial charge in [0.15, 0.2) is 0 Å². The van der Waals surface area contributed by atoms with Gasteiger partial charge in [0, 0.05) is 24.2 Å². The van der Waals surface area contributed by atoms with Crippen LogP contribution in [0.4, 0.5) is 0 Å². The molecule has 1 aromatic heterocycles. The molecule has 172 valence electrons. The first kappa shape index (κ1) is 24.0. The van der Waals surface area contributed by atoms with Crippen LogP contribution in [0.1, 0.15) is 83.2 Å². The number of likely N-dealkylation sites (tertiary alicyclic amines) is 1. The monoisotopic (exact) mass is 425 g/mol. The highest BCUT2D eigenvalue weighted by Gasteiger charge is 2.28. The molecule has 1 saturated heterocycles. The molecule has 0 bridgehead atoms. The van der Waals surface area contributed by atoms with Crippen LogP contribution in [0.5, 0.6) is 5.75 Å². The largest absolute Gasteiger partial charge is 0.497 e. The summed E-state index contributed by atoms with van der Waals surface area (Å²) in [5.41, 5.74) is 8.90. The molecule has 31 heavy (non-hydrogen) atoms. The maximum Gasteiger partial charge on any atom is 0.119 e. The smallest absolute Gasteiger partial charge is 0.119 e. The van der Waals surface area contributed by atoms with Crippen LogP contribution in [0.2, 0.25) is 0 Å². The lowest BCUT2D eigenvalue weighted by Gasteiger charge is -2.39. The Balaban J connectivity index is 1.53. The lowest BCUT2D eigenvalue weighted by molar-refractivity contribution is 0.106. The summed E-state index contributed by atoms with van der Waals surface area (Å²) in [6, 6.07) is 8.20. The fraction of sp³-hybridized carbons (Fsp3) is 0.667. The zero-order valence-electron chi connectivity index (χ0n) is 20.0. The van der Waals surface area contributed by atoms with Gasteiger partial charge in [-0.15, -0.1) is 0 Å². The molecule has 0 radical (unpaired) electrons. The van der Waals surface area contributed by atoms with Gasteiger partial charge in [0.25, 0.3) is 0 Å². The fourth-order valence-corrected chi connectivity index (χ4v) is 5.29. The molecule has 2 N–H and O–H groups in total. The van der Waals surface area contributed by atoms with Crippen molar-refractivity contribution in [2.75, 3.05) is 26.7 Å². The first-order valence-electron chi connectivity index (χ1n) is 12.6. The fourth-order valence-electron chi connectivity index (χ4n) is 5.29. The van der Waals surface area contributed by atoms with E-state index in [-0.39, 0.29) is 6.04 Å². The van der Waals surface area contributed by atoms with E-state index in [1.54, 1.807) is 7.11 Å². The molecule has 2 heterocycles. The van der Waals surface area contributed by atoms with Crippen LogP contribution in [0.25, 0.3) is 10.9 Å². The number of nitrogens with two attached hydrogens (primary N) is 1. The number of rotatable bonds is 12. The molecule has 0 aliphatic carbocycles. The van der Waals surface area contributed by atoms with E-state index >= 15 is 0 Å². The van der Waals surface area contributed by atoms with Crippen molar-refractivity contribution in [1.82, 2.24) is 9.88 Å². The Morgan fingerprint density at radius 3 is 2.74 bits per heavy atom. The zero-order chi connectivity index (χ0) is 22.1. The molecule has 2 aromatic rings. The third-order valence-electron chi connectivity index (χ3n) is 7.31. The second kappa shape index (κ2) is 12.4. The highest BCUT2D eigenvalue weighted by molar-refractivity contribution is 5.83. The summed E-state index contributed by atoms with van der Waals surface area (Å²) in [4.78, 5) is 7.23. The first-order valence-corrected chi connectivity index (χ1v) is 12.6. The Morgan fingerprint density at radius 2 is 1.97 bits per heavy atom. The number of aromatic nitrogens is 1. The molecule has 3 atom stereocenters. The predicted molar refractivity (Wildman–Crippen MR) is 132 cm³/mol. The number of nitrogens with zero attached hydrogens (tertiary/aromatic N) is 2. The Hall–Kier alpha value is -1.65. The standard InChI is InChI=1S/C27H43N3O/c1-4-6-7-8-9-17-30-18-15-22(21(5-2)20-30)10-12-26(28)24-14-16-29-27-13-11-23(31-3)19-25(24)27/h11,13-14,16,19,21-22,26H,4-10,12,15,17-18,20,28H2,1-3H3/t21-,22+,26+/m0/s1. The molecular weight excluding hydrogens is 382 g/mol. The summed E-state index contributed by atoms with van der Waals surface area (Å²) in [7, 11) is 1.71. The van der Waals surface area contributed by atoms with Gasteiger partial charge in [0.1, 0.15) is 5.75 Å². The van der Waals surface area contributed by atoms with E-state index < -0.39 is 0 Å². The number of pyridine rings is 1. The van der Waals surface area contributed by atoms with Gasteiger partial charge in [-0.3, -0.25) is 4.98 Å². The molecular formula is C27H43N3O. The van der Waals surface area contributed by atoms with Crippen LogP contribution in [0.15, 0.2) is 30.5 Å². The molecule has 4 nitrogen and oxygen atoms in total. The minimum absolute atomic E-state index is 0.0479. The van der Waals surface area contributed by atoms with Crippen molar-refractivity contribution in [3.05, 3.63) is 36.0 Å². The number of fused-ring (bicyclic) bond motifs is 1. The Kier molecular flexibility index (Phi) is 9.60. The highest BCUT2D eigenvalue weighted by atomic mass is 16.5. The predicted octanol–water partition coefficient (Wildman–Crippen LogP) is 6.34. The maximum absolute atomic E-state index is 6.71. The van der Waals surface area contributed by atoms with Crippen LogP contribution >= 0.6 is 0 Å². The average molecular weight is 426 g/mol. The molecule has 1 aliphatic rings. The van der Waals surface area contributed by atoms with E-state index in [4.69, 9.17) is 10.5 Å². The van der Waals surface area contributed by atoms with Gasteiger partial charge in [-0.1, -0.05) is 46.0 Å². The number of unbranched alkanes of at least 4 members (excludes halogenated alkanes) is 4. The second-order valence-electron chi connectivity index (χ2n) is 9.40. The second-order valence-corrected chi connectivity index (χ2v) is 9.40. The summed E-state index contributed by atoms with van der Waals surface area (Å²) in [5.74, 6) is 2.47. The van der Waals surface area contributed by atoms with E-state index in [0.717, 1.165) is 34.9 Å². The molecule has 3 rings (SSSR count). The average Bonchev–Trinajstić information content (AvgIpc) is 2.81. The van der Waals surface area contributed by atoms with Gasteiger partial charge in [-0.25, -0.2) is 0 Å². The van der Waals surface area contributed by atoms with Crippen LogP contribution in [-0.4, -0.2) is 36.6 Å². The number of piperidine rings is 1. The Morgan fingerprint density at radius 1 is 1.13 bits per heavy atom. The quantitative estimate of drug-likeness (QED) is 0.403. The molecule has 4 heteroatoms. The van der Waals surface area contributed by atoms with Crippen molar-refractivity contribution in [3.8, 4) is 5.75 Å². The Bertz CT molecular complexity index is 793. The normalized spacial score (nSPS) is 20.8. The third-order valence-corrected chi connectivity index (χ3v) is 7.31. The van der Waals surface area contributed by atoms with Crippen LogP contribution in [0.3, 0.4) is 0 Å².